The van der Waals surface area contributed by atoms with Gasteiger partial charge in [-0.05, 0) is 17.7 Å². The number of oxazole rings is 1. The van der Waals surface area contributed by atoms with Gasteiger partial charge in [0.2, 0.25) is 5.89 Å². The monoisotopic (exact) mass is 394 g/mol. The van der Waals surface area contributed by atoms with Gasteiger partial charge in [-0.3, -0.25) is 4.79 Å². The zero-order valence-electron chi connectivity index (χ0n) is 16.1. The highest BCUT2D eigenvalue weighted by Crippen LogP contribution is 2.15. The zero-order chi connectivity index (χ0) is 20.5. The maximum Gasteiger partial charge on any atom is 0.331 e. The molecule has 0 spiro atoms. The van der Waals surface area contributed by atoms with Crippen LogP contribution in [0.1, 0.15) is 11.5 Å². The molecule has 0 saturated carbocycles. The summed E-state index contributed by atoms with van der Waals surface area (Å²) in [5, 5.41) is 0. The first-order chi connectivity index (χ1) is 14.2. The number of esters is 1. The van der Waals surface area contributed by atoms with Gasteiger partial charge in [0, 0.05) is 32.4 Å². The van der Waals surface area contributed by atoms with E-state index >= 15 is 0 Å². The van der Waals surface area contributed by atoms with Gasteiger partial charge in [-0.15, -0.1) is 0 Å². The molecule has 0 unspecified atom stereocenters. The lowest BCUT2D eigenvalue weighted by Crippen LogP contribution is -2.36. The summed E-state index contributed by atoms with van der Waals surface area (Å²) < 4.78 is 15.6. The number of fused-ring (bicyclic) bond motifs is 1. The largest absolute Gasteiger partial charge is 0.452 e. The van der Waals surface area contributed by atoms with Crippen LogP contribution in [0, 0.1) is 0 Å². The van der Waals surface area contributed by atoms with Crippen molar-refractivity contribution >= 4 is 29.1 Å². The lowest BCUT2D eigenvalue weighted by molar-refractivity contribution is -0.148. The van der Waals surface area contributed by atoms with Crippen LogP contribution in [0.4, 0.5) is 0 Å². The van der Waals surface area contributed by atoms with Crippen molar-refractivity contribution in [3.8, 4) is 0 Å². The van der Waals surface area contributed by atoms with Crippen molar-refractivity contribution in [1.29, 1.82) is 0 Å². The Morgan fingerprint density at radius 1 is 1.10 bits per heavy atom. The van der Waals surface area contributed by atoms with Crippen LogP contribution in [0.25, 0.3) is 17.2 Å². The summed E-state index contributed by atoms with van der Waals surface area (Å²) >= 11 is 0. The SMILES string of the molecule is COCCN(Cc1ccccc1)C(=O)COC(=O)/C=C/c1nc2ccccc2o1. The van der Waals surface area contributed by atoms with Gasteiger partial charge in [0.25, 0.3) is 5.91 Å². The van der Waals surface area contributed by atoms with Crippen LogP contribution >= 0.6 is 0 Å². The Morgan fingerprint density at radius 3 is 2.62 bits per heavy atom. The highest BCUT2D eigenvalue weighted by molar-refractivity contribution is 5.89. The van der Waals surface area contributed by atoms with E-state index < -0.39 is 5.97 Å². The highest BCUT2D eigenvalue weighted by Gasteiger charge is 2.15. The maximum absolute atomic E-state index is 12.5. The molecule has 0 aliphatic heterocycles. The van der Waals surface area contributed by atoms with Gasteiger partial charge in [-0.25, -0.2) is 9.78 Å². The van der Waals surface area contributed by atoms with E-state index in [1.54, 1.807) is 18.1 Å². The van der Waals surface area contributed by atoms with Crippen molar-refractivity contribution in [2.45, 2.75) is 6.54 Å². The number of amides is 1. The third-order valence-electron chi connectivity index (χ3n) is 4.14. The third kappa shape index (κ3) is 6.02. The van der Waals surface area contributed by atoms with Crippen LogP contribution in [-0.2, 0) is 25.6 Å². The van der Waals surface area contributed by atoms with Crippen molar-refractivity contribution in [1.82, 2.24) is 9.88 Å². The molecule has 1 heterocycles. The average molecular weight is 394 g/mol. The summed E-state index contributed by atoms with van der Waals surface area (Å²) in [5.41, 5.74) is 2.31. The van der Waals surface area contributed by atoms with Crippen LogP contribution in [0.15, 0.2) is 65.1 Å². The fourth-order valence-electron chi connectivity index (χ4n) is 2.67. The van der Waals surface area contributed by atoms with E-state index in [4.69, 9.17) is 13.9 Å². The van der Waals surface area contributed by atoms with Crippen molar-refractivity contribution in [3.63, 3.8) is 0 Å². The standard InChI is InChI=1S/C22H22N2O5/c1-27-14-13-24(15-17-7-3-2-4-8-17)21(25)16-28-22(26)12-11-20-23-18-9-5-6-10-19(18)29-20/h2-12H,13-16H2,1H3/b12-11+. The van der Waals surface area contributed by atoms with Crippen LogP contribution in [0.5, 0.6) is 0 Å². The minimum Gasteiger partial charge on any atom is -0.452 e. The highest BCUT2D eigenvalue weighted by atomic mass is 16.5. The second-order valence-corrected chi connectivity index (χ2v) is 6.25. The van der Waals surface area contributed by atoms with E-state index in [1.807, 2.05) is 48.5 Å². The van der Waals surface area contributed by atoms with Gasteiger partial charge in [0.1, 0.15) is 5.52 Å². The molecule has 2 aromatic carbocycles. The summed E-state index contributed by atoms with van der Waals surface area (Å²) in [6.45, 7) is 0.858. The molecule has 3 rings (SSSR count). The molecule has 0 saturated heterocycles. The van der Waals surface area contributed by atoms with E-state index in [-0.39, 0.29) is 12.5 Å². The van der Waals surface area contributed by atoms with Gasteiger partial charge in [0.15, 0.2) is 12.2 Å². The van der Waals surface area contributed by atoms with E-state index in [0.717, 1.165) is 5.56 Å². The number of ether oxygens (including phenoxy) is 2. The van der Waals surface area contributed by atoms with Crippen molar-refractivity contribution < 1.29 is 23.5 Å². The molecule has 150 valence electrons. The average Bonchev–Trinajstić information content (AvgIpc) is 3.17. The van der Waals surface area contributed by atoms with Crippen LogP contribution < -0.4 is 0 Å². The molecule has 0 N–H and O–H groups in total. The predicted octanol–water partition coefficient (Wildman–Crippen LogP) is 3.06. The fourth-order valence-corrected chi connectivity index (χ4v) is 2.67. The smallest absolute Gasteiger partial charge is 0.331 e. The lowest BCUT2D eigenvalue weighted by Gasteiger charge is -2.22. The van der Waals surface area contributed by atoms with Crippen molar-refractivity contribution in [2.75, 3.05) is 26.9 Å². The molecular weight excluding hydrogens is 372 g/mol. The number of benzene rings is 2. The third-order valence-corrected chi connectivity index (χ3v) is 4.14. The molecule has 1 aromatic heterocycles. The minimum atomic E-state index is -0.646. The Bertz CT molecular complexity index is 948. The fraction of sp³-hybridized carbons (Fsp3) is 0.227. The quantitative estimate of drug-likeness (QED) is 0.410. The molecule has 0 aliphatic rings. The first kappa shape index (κ1) is 20.3. The van der Waals surface area contributed by atoms with Crippen LogP contribution in [0.3, 0.4) is 0 Å². The van der Waals surface area contributed by atoms with E-state index in [2.05, 4.69) is 4.98 Å². The number of methoxy groups -OCH3 is 1. The van der Waals surface area contributed by atoms with Gasteiger partial charge in [-0.2, -0.15) is 0 Å². The number of hydrogen-bond acceptors (Lipinski definition) is 6. The number of nitrogens with zero attached hydrogens (tertiary/aromatic N) is 2. The van der Waals surface area contributed by atoms with E-state index in [9.17, 15) is 9.59 Å². The Balaban J connectivity index is 1.54. The zero-order valence-corrected chi connectivity index (χ0v) is 16.1. The van der Waals surface area contributed by atoms with Crippen molar-refractivity contribution in [2.24, 2.45) is 0 Å². The molecule has 0 aliphatic carbocycles. The minimum absolute atomic E-state index is 0.292. The Hall–Kier alpha value is -3.45. The van der Waals surface area contributed by atoms with Crippen LogP contribution in [0.2, 0.25) is 0 Å². The Kier molecular flexibility index (Phi) is 7.13. The molecule has 0 radical (unpaired) electrons. The normalized spacial score (nSPS) is 11.1. The summed E-state index contributed by atoms with van der Waals surface area (Å²) in [6, 6.07) is 16.9. The Labute approximate surface area is 168 Å². The molecule has 0 fully saturated rings. The van der Waals surface area contributed by atoms with E-state index in [1.165, 1.54) is 12.2 Å². The van der Waals surface area contributed by atoms with E-state index in [0.29, 0.717) is 36.7 Å². The number of hydrogen-bond donors (Lipinski definition) is 0. The lowest BCUT2D eigenvalue weighted by atomic mass is 10.2. The van der Waals surface area contributed by atoms with Gasteiger partial charge < -0.3 is 18.8 Å². The maximum atomic E-state index is 12.5. The number of para-hydroxylation sites is 2. The summed E-state index contributed by atoms with van der Waals surface area (Å²) in [5.74, 6) is -0.651. The first-order valence-corrected chi connectivity index (χ1v) is 9.17. The first-order valence-electron chi connectivity index (χ1n) is 9.17. The molecule has 7 nitrogen and oxygen atoms in total. The summed E-state index contributed by atoms with van der Waals surface area (Å²) in [4.78, 5) is 30.3. The van der Waals surface area contributed by atoms with Gasteiger partial charge in [0.05, 0.1) is 6.61 Å². The molecule has 29 heavy (non-hydrogen) atoms. The predicted molar refractivity (Wildman–Crippen MR) is 108 cm³/mol. The topological polar surface area (TPSA) is 81.9 Å². The molecule has 7 heteroatoms. The van der Waals surface area contributed by atoms with Crippen molar-refractivity contribution in [3.05, 3.63) is 72.1 Å². The second-order valence-electron chi connectivity index (χ2n) is 6.25. The summed E-state index contributed by atoms with van der Waals surface area (Å²) in [6.07, 6.45) is 2.61. The number of rotatable bonds is 9. The van der Waals surface area contributed by atoms with Gasteiger partial charge >= 0.3 is 5.97 Å². The number of aromatic nitrogens is 1. The van der Waals surface area contributed by atoms with Gasteiger partial charge in [-0.1, -0.05) is 42.5 Å². The summed E-state index contributed by atoms with van der Waals surface area (Å²) in [7, 11) is 1.57. The number of carbonyl (C=O) groups excluding carboxylic acids is 2. The molecule has 3 aromatic rings. The van der Waals surface area contributed by atoms with Crippen LogP contribution in [-0.4, -0.2) is 48.6 Å². The molecule has 0 bridgehead atoms. The second kappa shape index (κ2) is 10.2. The number of carbonyl (C=O) groups is 2. The Morgan fingerprint density at radius 2 is 1.86 bits per heavy atom. The molecule has 1 amide bonds. The molecular formula is C22H22N2O5. The molecule has 0 atom stereocenters.